The first kappa shape index (κ1) is 26.4. The van der Waals surface area contributed by atoms with Gasteiger partial charge in [0.05, 0.1) is 11.1 Å². The van der Waals surface area contributed by atoms with Gasteiger partial charge in [-0.2, -0.15) is 0 Å². The number of amides is 2. The maximum Gasteiger partial charge on any atom is 0.336 e. The molecule has 2 unspecified atom stereocenters. The summed E-state index contributed by atoms with van der Waals surface area (Å²) in [6.07, 6.45) is 0. The monoisotopic (exact) mass is 550 g/mol. The van der Waals surface area contributed by atoms with Crippen LogP contribution in [0.5, 0.6) is 0 Å². The van der Waals surface area contributed by atoms with Crippen LogP contribution in [0.2, 0.25) is 0 Å². The smallest absolute Gasteiger partial charge is 0.336 e. The molecule has 2 aromatic rings. The van der Waals surface area contributed by atoms with Crippen molar-refractivity contribution in [3.8, 4) is 0 Å². The average Bonchev–Trinajstić information content (AvgIpc) is 3.24. The molecule has 0 aliphatic carbocycles. The molecule has 2 N–H and O–H groups in total. The number of aryl methyl sites for hydroxylation is 1. The van der Waals surface area contributed by atoms with E-state index in [9.17, 15) is 24.3 Å². The number of carbonyl (C=O) groups is 4. The minimum atomic E-state index is -1.22. The van der Waals surface area contributed by atoms with Gasteiger partial charge in [-0.15, -0.1) is 22.0 Å². The van der Waals surface area contributed by atoms with Crippen molar-refractivity contribution in [1.29, 1.82) is 0 Å². The number of hydrogen-bond donors (Lipinski definition) is 2. The lowest BCUT2D eigenvalue weighted by atomic mass is 9.88. The van der Waals surface area contributed by atoms with Crippen LogP contribution in [-0.4, -0.2) is 79.0 Å². The Morgan fingerprint density at radius 2 is 1.94 bits per heavy atom. The summed E-state index contributed by atoms with van der Waals surface area (Å²) in [5.74, 6) is -1.80. The third kappa shape index (κ3) is 5.37. The van der Waals surface area contributed by atoms with Crippen LogP contribution in [0.25, 0.3) is 0 Å². The van der Waals surface area contributed by atoms with E-state index in [1.165, 1.54) is 53.1 Å². The van der Waals surface area contributed by atoms with E-state index in [0.29, 0.717) is 11.5 Å². The van der Waals surface area contributed by atoms with E-state index >= 15 is 0 Å². The van der Waals surface area contributed by atoms with Gasteiger partial charge in [-0.25, -0.2) is 4.79 Å². The Bertz CT molecular complexity index is 1210. The molecule has 10 nitrogen and oxygen atoms in total. The number of carboxylic acids is 1. The third-order valence-electron chi connectivity index (χ3n) is 5.64. The Morgan fingerprint density at radius 3 is 2.56 bits per heavy atom. The van der Waals surface area contributed by atoms with Gasteiger partial charge in [-0.05, 0) is 39.8 Å². The highest BCUT2D eigenvalue weighted by Gasteiger charge is 2.58. The van der Waals surface area contributed by atoms with Gasteiger partial charge in [0, 0.05) is 18.1 Å². The standard InChI is InChI=1S/C23H26N4O6S3/c1-12-25-26-21(36-12)35-11-23(20(32)33-22(2,3)4)9-27-17(29)15(18(27)34-10-23)24-16(28)13-7-5-6-8-14(13)19(30)31/h5-8,15,18H,9-11H2,1-4H3,(H,24,28)(H,30,31)/t15?,18-,23?/m1/s1. The molecule has 2 fully saturated rings. The third-order valence-corrected chi connectivity index (χ3v) is 9.49. The SMILES string of the molecule is Cc1nnc(SCC2(C(=O)OC(C)(C)C)CS[C@@H]3C(NC(=O)c4ccccc4C(=O)O)C(=O)N3C2)s1. The highest BCUT2D eigenvalue weighted by atomic mass is 32.2. The lowest BCUT2D eigenvalue weighted by Gasteiger charge is -2.54. The van der Waals surface area contributed by atoms with Crippen LogP contribution in [-0.2, 0) is 14.3 Å². The predicted octanol–water partition coefficient (Wildman–Crippen LogP) is 2.68. The molecule has 0 spiro atoms. The van der Waals surface area contributed by atoms with Crippen molar-refractivity contribution in [2.24, 2.45) is 5.41 Å². The van der Waals surface area contributed by atoms with Crippen LogP contribution >= 0.6 is 34.9 Å². The summed E-state index contributed by atoms with van der Waals surface area (Å²) in [6.45, 7) is 7.41. The van der Waals surface area contributed by atoms with Gasteiger partial charge in [0.1, 0.15) is 27.4 Å². The zero-order chi connectivity index (χ0) is 26.3. The first-order valence-electron chi connectivity index (χ1n) is 11.1. The predicted molar refractivity (Wildman–Crippen MR) is 136 cm³/mol. The number of benzene rings is 1. The number of fused-ring (bicyclic) bond motifs is 1. The highest BCUT2D eigenvalue weighted by Crippen LogP contribution is 2.45. The van der Waals surface area contributed by atoms with E-state index in [1.54, 1.807) is 31.7 Å². The Labute approximate surface area is 220 Å². The van der Waals surface area contributed by atoms with Gasteiger partial charge in [0.2, 0.25) is 5.91 Å². The van der Waals surface area contributed by atoms with Crippen molar-refractivity contribution in [3.63, 3.8) is 0 Å². The Balaban J connectivity index is 1.49. The van der Waals surface area contributed by atoms with Crippen LogP contribution in [0.3, 0.4) is 0 Å². The quantitative estimate of drug-likeness (QED) is 0.300. The van der Waals surface area contributed by atoms with Crippen LogP contribution in [0.1, 0.15) is 46.5 Å². The topological polar surface area (TPSA) is 139 Å². The highest BCUT2D eigenvalue weighted by molar-refractivity contribution is 8.01. The van der Waals surface area contributed by atoms with Gasteiger partial charge < -0.3 is 20.1 Å². The lowest BCUT2D eigenvalue weighted by molar-refractivity contribution is -0.169. The van der Waals surface area contributed by atoms with E-state index in [0.717, 1.165) is 9.35 Å². The molecule has 3 heterocycles. The molecule has 13 heteroatoms. The number of thioether (sulfide) groups is 2. The van der Waals surface area contributed by atoms with Crippen molar-refractivity contribution in [1.82, 2.24) is 20.4 Å². The summed E-state index contributed by atoms with van der Waals surface area (Å²) < 4.78 is 6.48. The number of ether oxygens (including phenoxy) is 1. The van der Waals surface area contributed by atoms with Gasteiger partial charge in [0.25, 0.3) is 5.91 Å². The summed E-state index contributed by atoms with van der Waals surface area (Å²) in [5.41, 5.74) is -1.80. The maximum absolute atomic E-state index is 13.3. The van der Waals surface area contributed by atoms with Crippen molar-refractivity contribution >= 4 is 58.6 Å². The number of β-lactam (4-membered cyclic amide) rings is 1. The van der Waals surface area contributed by atoms with E-state index < -0.39 is 28.9 Å². The number of carboxylic acid groups (broad SMARTS) is 1. The van der Waals surface area contributed by atoms with Crippen molar-refractivity contribution in [2.75, 3.05) is 18.1 Å². The second-order valence-corrected chi connectivity index (χ2v) is 13.1. The Kier molecular flexibility index (Phi) is 7.35. The van der Waals surface area contributed by atoms with Crippen LogP contribution in [0.15, 0.2) is 28.6 Å². The molecule has 1 aromatic carbocycles. The van der Waals surface area contributed by atoms with Gasteiger partial charge >= 0.3 is 11.9 Å². The summed E-state index contributed by atoms with van der Waals surface area (Å²) in [5, 5.41) is 20.7. The normalized spacial score (nSPS) is 23.4. The molecule has 0 radical (unpaired) electrons. The molecule has 2 saturated heterocycles. The number of hydrogen-bond acceptors (Lipinski definition) is 10. The van der Waals surface area contributed by atoms with Crippen molar-refractivity contribution in [3.05, 3.63) is 40.4 Å². The molecule has 0 saturated carbocycles. The van der Waals surface area contributed by atoms with Gasteiger partial charge in [0.15, 0.2) is 4.34 Å². The molecule has 1 aromatic heterocycles. The fourth-order valence-corrected chi connectivity index (χ4v) is 7.57. The zero-order valence-electron chi connectivity index (χ0n) is 20.1. The summed E-state index contributed by atoms with van der Waals surface area (Å²) in [7, 11) is 0. The van der Waals surface area contributed by atoms with E-state index in [1.807, 2.05) is 6.92 Å². The number of aromatic carboxylic acids is 1. The number of rotatable bonds is 7. The van der Waals surface area contributed by atoms with Crippen LogP contribution in [0, 0.1) is 12.3 Å². The molecule has 0 bridgehead atoms. The number of esters is 1. The van der Waals surface area contributed by atoms with Gasteiger partial charge in [-0.1, -0.05) is 35.2 Å². The van der Waals surface area contributed by atoms with Crippen molar-refractivity contribution in [2.45, 2.75) is 49.1 Å². The summed E-state index contributed by atoms with van der Waals surface area (Å²) in [4.78, 5) is 52.3. The lowest BCUT2D eigenvalue weighted by Crippen LogP contribution is -2.74. The average molecular weight is 551 g/mol. The fraction of sp³-hybridized carbons (Fsp3) is 0.478. The fourth-order valence-electron chi connectivity index (χ4n) is 3.91. The molecule has 4 rings (SSSR count). The van der Waals surface area contributed by atoms with Crippen LogP contribution in [0.4, 0.5) is 0 Å². The first-order chi connectivity index (χ1) is 16.9. The molecule has 192 valence electrons. The number of carbonyl (C=O) groups excluding carboxylic acids is 3. The summed E-state index contributed by atoms with van der Waals surface area (Å²) in [6, 6.07) is 5.05. The second kappa shape index (κ2) is 10.0. The second-order valence-electron chi connectivity index (χ2n) is 9.63. The first-order valence-corrected chi connectivity index (χ1v) is 14.0. The molecule has 3 atom stereocenters. The molecular weight excluding hydrogens is 524 g/mol. The van der Waals surface area contributed by atoms with E-state index in [4.69, 9.17) is 4.74 Å². The Morgan fingerprint density at radius 1 is 1.25 bits per heavy atom. The Hall–Kier alpha value is -2.64. The number of nitrogens with one attached hydrogen (secondary N) is 1. The minimum absolute atomic E-state index is 0.0103. The maximum atomic E-state index is 13.3. The van der Waals surface area contributed by atoms with Crippen molar-refractivity contribution < 1.29 is 29.0 Å². The van der Waals surface area contributed by atoms with E-state index in [2.05, 4.69) is 15.5 Å². The number of aromatic nitrogens is 2. The number of nitrogens with zero attached hydrogens (tertiary/aromatic N) is 3. The zero-order valence-corrected chi connectivity index (χ0v) is 22.6. The molecule has 36 heavy (non-hydrogen) atoms. The van der Waals surface area contributed by atoms with Gasteiger partial charge in [-0.3, -0.25) is 14.4 Å². The van der Waals surface area contributed by atoms with Crippen LogP contribution < -0.4 is 5.32 Å². The summed E-state index contributed by atoms with van der Waals surface area (Å²) >= 11 is 4.25. The van der Waals surface area contributed by atoms with E-state index in [-0.39, 0.29) is 34.9 Å². The minimum Gasteiger partial charge on any atom is -0.478 e. The molecule has 2 amide bonds. The molecule has 2 aliphatic heterocycles. The largest absolute Gasteiger partial charge is 0.478 e. The molecule has 2 aliphatic rings. The molecular formula is C23H26N4O6S3.